The average molecular weight is 1140 g/mol. The van der Waals surface area contributed by atoms with Gasteiger partial charge in [0.15, 0.2) is 18.2 Å². The number of esters is 1. The summed E-state index contributed by atoms with van der Waals surface area (Å²) >= 11 is 6.16. The number of piperazine rings is 1. The number of nitriles is 1. The molecule has 1 saturated carbocycles. The normalized spacial score (nSPS) is 19.9. The topological polar surface area (TPSA) is 236 Å². The van der Waals surface area contributed by atoms with Crippen LogP contribution in [0.25, 0.3) is 0 Å². The van der Waals surface area contributed by atoms with Gasteiger partial charge in [-0.25, -0.2) is 9.29 Å². The van der Waals surface area contributed by atoms with Crippen LogP contribution in [0.3, 0.4) is 0 Å². The second-order valence-corrected chi connectivity index (χ2v) is 22.8. The fourth-order valence-corrected chi connectivity index (χ4v) is 12.0. The van der Waals surface area contributed by atoms with Gasteiger partial charge in [-0.1, -0.05) is 88.7 Å². The van der Waals surface area contributed by atoms with Crippen LogP contribution < -0.4 is 19.9 Å². The van der Waals surface area contributed by atoms with Crippen molar-refractivity contribution in [1.29, 1.82) is 5.26 Å². The standard InChI is InChI=1S/C60H77ClFN9O10/c61-48-35-45(20-17-42(48)38-63)81-44-21-18-43(19-22-44)64-57(76)50-23-25-53(66-65-50)69-29-27-41(28-30-69)39-67-31-33-68(34-32-67)52-37-47-46(36-49(52)62)58(77)71(59(47)78)51-24-26-54(72)70(60(51)79)40-80-56(75)16-14-12-10-8-6-4-2-1-3-5-7-9-11-13-15-55(73)74/h17,20,23,25,35-37,41,43-44,51H,1-16,18-19,21-22,24,26-34,39-40H2,(H,64,76)(H,73,74). The van der Waals surface area contributed by atoms with Crippen molar-refractivity contribution in [2.24, 2.45) is 5.92 Å². The number of anilines is 2. The third-order valence-electron chi connectivity index (χ3n) is 16.6. The van der Waals surface area contributed by atoms with Gasteiger partial charge in [0.05, 0.1) is 33.5 Å². The van der Waals surface area contributed by atoms with Gasteiger partial charge in [0.25, 0.3) is 23.6 Å². The van der Waals surface area contributed by atoms with E-state index in [1.54, 1.807) is 24.3 Å². The molecule has 5 aliphatic rings. The quantitative estimate of drug-likeness (QED) is 0.0391. The van der Waals surface area contributed by atoms with Crippen molar-refractivity contribution in [3.8, 4) is 11.8 Å². The molecule has 5 heterocycles. The number of carboxylic acids is 1. The minimum Gasteiger partial charge on any atom is -0.490 e. The zero-order chi connectivity index (χ0) is 57.3. The Morgan fingerprint density at radius 1 is 0.716 bits per heavy atom. The monoisotopic (exact) mass is 1140 g/mol. The molecule has 1 aliphatic carbocycles. The molecule has 1 atom stereocenters. The number of carboxylic acid groups (broad SMARTS) is 1. The van der Waals surface area contributed by atoms with Gasteiger partial charge in [-0.3, -0.25) is 43.4 Å². The first-order valence-corrected chi connectivity index (χ1v) is 29.8. The predicted molar refractivity (Wildman–Crippen MR) is 300 cm³/mol. The zero-order valence-electron chi connectivity index (χ0n) is 46.4. The Balaban J connectivity index is 0.700. The second-order valence-electron chi connectivity index (χ2n) is 22.3. The number of nitrogens with one attached hydrogen (secondary N) is 1. The first kappa shape index (κ1) is 60.4. The van der Waals surface area contributed by atoms with E-state index in [9.17, 15) is 33.6 Å². The van der Waals surface area contributed by atoms with E-state index in [0.717, 1.165) is 131 Å². The summed E-state index contributed by atoms with van der Waals surface area (Å²) in [6, 6.07) is 11.8. The summed E-state index contributed by atoms with van der Waals surface area (Å²) in [7, 11) is 0. The summed E-state index contributed by atoms with van der Waals surface area (Å²) in [5.74, 6) is -3.33. The first-order chi connectivity index (χ1) is 39.3. The number of fused-ring (bicyclic) bond motifs is 1. The van der Waals surface area contributed by atoms with E-state index < -0.39 is 54.2 Å². The van der Waals surface area contributed by atoms with Gasteiger partial charge in [-0.2, -0.15) is 5.26 Å². The number of benzene rings is 2. The van der Waals surface area contributed by atoms with Gasteiger partial charge in [0, 0.05) is 77.2 Å². The summed E-state index contributed by atoms with van der Waals surface area (Å²) in [5, 5.41) is 30.0. The molecule has 3 aromatic rings. The second kappa shape index (κ2) is 29.8. The van der Waals surface area contributed by atoms with Gasteiger partial charge in [0.2, 0.25) is 5.91 Å². The van der Waals surface area contributed by atoms with Crippen molar-refractivity contribution < 1.29 is 52.5 Å². The Labute approximate surface area is 478 Å². The van der Waals surface area contributed by atoms with Gasteiger partial charge in [0.1, 0.15) is 23.7 Å². The number of piperidine rings is 2. The van der Waals surface area contributed by atoms with Crippen molar-refractivity contribution in [3.63, 3.8) is 0 Å². The molecule has 4 fully saturated rings. The molecule has 0 spiro atoms. The number of imide groups is 2. The molecule has 81 heavy (non-hydrogen) atoms. The highest BCUT2D eigenvalue weighted by atomic mass is 35.5. The Kier molecular flexibility index (Phi) is 22.2. The molecular weight excluding hydrogens is 1060 g/mol. The van der Waals surface area contributed by atoms with E-state index in [-0.39, 0.29) is 66.2 Å². The maximum Gasteiger partial charge on any atom is 0.307 e. The molecule has 3 saturated heterocycles. The summed E-state index contributed by atoms with van der Waals surface area (Å²) in [4.78, 5) is 98.6. The van der Waals surface area contributed by atoms with Crippen LogP contribution in [0.4, 0.5) is 15.9 Å². The average Bonchev–Trinajstić information content (AvgIpc) is 3.90. The number of amides is 5. The van der Waals surface area contributed by atoms with E-state index >= 15 is 4.39 Å². The fourth-order valence-electron chi connectivity index (χ4n) is 11.8. The number of aliphatic carboxylic acids is 1. The van der Waals surface area contributed by atoms with E-state index in [4.69, 9.17) is 31.4 Å². The smallest absolute Gasteiger partial charge is 0.307 e. The van der Waals surface area contributed by atoms with E-state index in [1.165, 1.54) is 38.2 Å². The molecule has 1 unspecified atom stereocenters. The molecule has 0 radical (unpaired) electrons. The van der Waals surface area contributed by atoms with Crippen LogP contribution in [0.1, 0.15) is 191 Å². The molecule has 436 valence electrons. The number of unbranched alkanes of at least 4 members (excludes halogenated alkanes) is 13. The number of ether oxygens (including phenoxy) is 2. The molecular formula is C60H77ClFN9O10. The SMILES string of the molecule is N#Cc1ccc(OC2CCC(NC(=O)c3ccc(N4CCC(CN5CCN(c6cc7c(cc6F)C(=O)N(C6CCC(=O)N(COC(=O)CCCCCCCCCCCCCCCCC(=O)O)C6=O)C7=O)CC5)CC4)nn3)CC2)cc1Cl. The number of likely N-dealkylation sites (tertiary alicyclic amines) is 1. The number of carbonyl (C=O) groups is 7. The Morgan fingerprint density at radius 3 is 1.93 bits per heavy atom. The highest BCUT2D eigenvalue weighted by Crippen LogP contribution is 2.35. The number of hydrogen-bond donors (Lipinski definition) is 2. The van der Waals surface area contributed by atoms with Crippen molar-refractivity contribution in [2.75, 3.05) is 62.3 Å². The Hall–Kier alpha value is -6.72. The molecule has 8 rings (SSSR count). The van der Waals surface area contributed by atoms with Crippen LogP contribution in [0.2, 0.25) is 5.02 Å². The zero-order valence-corrected chi connectivity index (χ0v) is 47.2. The molecule has 19 nitrogen and oxygen atoms in total. The predicted octanol–water partition coefficient (Wildman–Crippen LogP) is 9.24. The van der Waals surface area contributed by atoms with Crippen LogP contribution in [0.5, 0.6) is 5.75 Å². The van der Waals surface area contributed by atoms with Gasteiger partial charge < -0.3 is 29.7 Å². The number of carbonyl (C=O) groups excluding carboxylic acids is 6. The largest absolute Gasteiger partial charge is 0.490 e. The van der Waals surface area contributed by atoms with E-state index in [0.29, 0.717) is 54.9 Å². The lowest BCUT2D eigenvalue weighted by atomic mass is 9.93. The van der Waals surface area contributed by atoms with E-state index in [1.807, 2.05) is 17.0 Å². The van der Waals surface area contributed by atoms with Gasteiger partial charge in [-0.05, 0) is 100 Å². The Bertz CT molecular complexity index is 2740. The van der Waals surface area contributed by atoms with Crippen LogP contribution >= 0.6 is 11.6 Å². The summed E-state index contributed by atoms with van der Waals surface area (Å²) < 4.78 is 27.3. The van der Waals surface area contributed by atoms with Crippen LogP contribution in [-0.4, -0.2) is 142 Å². The molecule has 0 bridgehead atoms. The first-order valence-electron chi connectivity index (χ1n) is 29.4. The van der Waals surface area contributed by atoms with E-state index in [2.05, 4.69) is 25.3 Å². The molecule has 5 amide bonds. The molecule has 2 aromatic carbocycles. The highest BCUT2D eigenvalue weighted by Gasteiger charge is 2.48. The van der Waals surface area contributed by atoms with Crippen molar-refractivity contribution >= 4 is 64.6 Å². The van der Waals surface area contributed by atoms with Crippen LogP contribution in [0, 0.1) is 23.1 Å². The number of aromatic nitrogens is 2. The number of halogens is 2. The maximum atomic E-state index is 15.9. The molecule has 2 N–H and O–H groups in total. The third-order valence-corrected chi connectivity index (χ3v) is 16.9. The lowest BCUT2D eigenvalue weighted by Gasteiger charge is -2.39. The number of rotatable bonds is 28. The summed E-state index contributed by atoms with van der Waals surface area (Å²) in [6.45, 7) is 4.18. The molecule has 4 aliphatic heterocycles. The number of nitrogens with zero attached hydrogens (tertiary/aromatic N) is 8. The van der Waals surface area contributed by atoms with Crippen LogP contribution in [-0.2, 0) is 23.9 Å². The maximum absolute atomic E-state index is 15.9. The van der Waals surface area contributed by atoms with Crippen molar-refractivity contribution in [2.45, 2.75) is 172 Å². The highest BCUT2D eigenvalue weighted by molar-refractivity contribution is 6.31. The van der Waals surface area contributed by atoms with Gasteiger partial charge >= 0.3 is 11.9 Å². The molecule has 1 aromatic heterocycles. The minimum absolute atomic E-state index is 0.000344. The summed E-state index contributed by atoms with van der Waals surface area (Å²) in [5.41, 5.74) is 0.728. The van der Waals surface area contributed by atoms with Gasteiger partial charge in [-0.15, -0.1) is 10.2 Å². The number of hydrogen-bond acceptors (Lipinski definition) is 15. The lowest BCUT2D eigenvalue weighted by Crippen LogP contribution is -2.56. The van der Waals surface area contributed by atoms with Crippen LogP contribution in [0.15, 0.2) is 42.5 Å². The van der Waals surface area contributed by atoms with Crippen molar-refractivity contribution in [1.82, 2.24) is 30.2 Å². The third kappa shape index (κ3) is 16.7. The Morgan fingerprint density at radius 2 is 1.33 bits per heavy atom. The minimum atomic E-state index is -1.31. The molecule has 21 heteroatoms. The summed E-state index contributed by atoms with van der Waals surface area (Å²) in [6.07, 6.45) is 19.7. The fraction of sp³-hybridized carbons (Fsp3) is 0.600. The lowest BCUT2D eigenvalue weighted by molar-refractivity contribution is -0.163. The van der Waals surface area contributed by atoms with Crippen molar-refractivity contribution in [3.05, 3.63) is 75.7 Å².